The van der Waals surface area contributed by atoms with E-state index in [0.717, 1.165) is 23.9 Å². The van der Waals surface area contributed by atoms with Gasteiger partial charge >= 0.3 is 0 Å². The quantitative estimate of drug-likeness (QED) is 0.857. The van der Waals surface area contributed by atoms with Crippen molar-refractivity contribution in [2.24, 2.45) is 0 Å². The second-order valence-electron chi connectivity index (χ2n) is 4.81. The van der Waals surface area contributed by atoms with E-state index in [1.54, 1.807) is 18.3 Å². The van der Waals surface area contributed by atoms with Crippen molar-refractivity contribution in [3.63, 3.8) is 0 Å². The van der Waals surface area contributed by atoms with Gasteiger partial charge in [-0.25, -0.2) is 4.98 Å². The molecular weight excluding hydrogens is 266 g/mol. The minimum absolute atomic E-state index is 0.135. The number of nitrogens with one attached hydrogen (secondary N) is 1. The molecule has 0 unspecified atom stereocenters. The van der Waals surface area contributed by atoms with Crippen LogP contribution in [0.3, 0.4) is 0 Å². The molecule has 1 aromatic carbocycles. The molecule has 0 bridgehead atoms. The molecule has 0 atom stereocenters. The van der Waals surface area contributed by atoms with Gasteiger partial charge in [0.2, 0.25) is 5.91 Å². The number of carbonyl (C=O) groups excluding carboxylic acids is 1. The number of pyridine rings is 1. The van der Waals surface area contributed by atoms with E-state index in [4.69, 9.17) is 0 Å². The number of hydrogen-bond acceptors (Lipinski definition) is 4. The van der Waals surface area contributed by atoms with Crippen LogP contribution in [0.5, 0.6) is 5.75 Å². The van der Waals surface area contributed by atoms with Crippen LogP contribution < -0.4 is 5.32 Å². The first-order valence-electron chi connectivity index (χ1n) is 7.25. The largest absolute Gasteiger partial charge is 0.508 e. The highest BCUT2D eigenvalue weighted by atomic mass is 16.3. The molecule has 0 aliphatic rings. The summed E-state index contributed by atoms with van der Waals surface area (Å²) < 4.78 is 0. The normalized spacial score (nSPS) is 10.6. The highest BCUT2D eigenvalue weighted by molar-refractivity contribution is 5.92. The maximum atomic E-state index is 11.9. The Morgan fingerprint density at radius 2 is 2.05 bits per heavy atom. The van der Waals surface area contributed by atoms with Crippen molar-refractivity contribution < 1.29 is 9.90 Å². The number of benzene rings is 1. The predicted molar refractivity (Wildman–Crippen MR) is 84.4 cm³/mol. The summed E-state index contributed by atoms with van der Waals surface area (Å²) in [4.78, 5) is 18.0. The van der Waals surface area contributed by atoms with E-state index < -0.39 is 0 Å². The van der Waals surface area contributed by atoms with Gasteiger partial charge in [0, 0.05) is 37.6 Å². The van der Waals surface area contributed by atoms with Crippen LogP contribution in [-0.4, -0.2) is 40.5 Å². The average Bonchev–Trinajstić information content (AvgIpc) is 2.49. The van der Waals surface area contributed by atoms with Crippen molar-refractivity contribution in [3.05, 3.63) is 30.5 Å². The molecular formula is C16H21N3O2. The van der Waals surface area contributed by atoms with Crippen molar-refractivity contribution >= 4 is 22.5 Å². The molecule has 0 fully saturated rings. The second kappa shape index (κ2) is 6.92. The molecule has 0 saturated carbocycles. The maximum absolute atomic E-state index is 11.9. The zero-order chi connectivity index (χ0) is 15.2. The van der Waals surface area contributed by atoms with Gasteiger partial charge in [0.25, 0.3) is 0 Å². The van der Waals surface area contributed by atoms with E-state index in [9.17, 15) is 9.90 Å². The first kappa shape index (κ1) is 15.1. The first-order chi connectivity index (χ1) is 10.2. The second-order valence-corrected chi connectivity index (χ2v) is 4.81. The van der Waals surface area contributed by atoms with Gasteiger partial charge in [-0.3, -0.25) is 4.79 Å². The maximum Gasteiger partial charge on any atom is 0.224 e. The molecule has 5 nitrogen and oxygen atoms in total. The minimum atomic E-state index is 0.135. The fourth-order valence-electron chi connectivity index (χ4n) is 2.32. The van der Waals surface area contributed by atoms with Crippen LogP contribution in [0.2, 0.25) is 0 Å². The Hall–Kier alpha value is -2.30. The fraction of sp³-hybridized carbons (Fsp3) is 0.375. The number of amides is 1. The van der Waals surface area contributed by atoms with Crippen LogP contribution in [0.15, 0.2) is 30.5 Å². The molecule has 0 aliphatic heterocycles. The van der Waals surface area contributed by atoms with E-state index in [-0.39, 0.29) is 11.7 Å². The third-order valence-electron chi connectivity index (χ3n) is 3.50. The Kier molecular flexibility index (Phi) is 4.98. The molecule has 2 aromatic rings. The number of carbonyl (C=O) groups is 1. The Morgan fingerprint density at radius 1 is 1.29 bits per heavy atom. The summed E-state index contributed by atoms with van der Waals surface area (Å²) in [5, 5.41) is 14.6. The molecule has 2 N–H and O–H groups in total. The highest BCUT2D eigenvalue weighted by Gasteiger charge is 2.09. The zero-order valence-corrected chi connectivity index (χ0v) is 12.5. The van der Waals surface area contributed by atoms with Gasteiger partial charge in [-0.1, -0.05) is 6.07 Å². The van der Waals surface area contributed by atoms with Crippen LogP contribution in [-0.2, 0) is 4.79 Å². The van der Waals surface area contributed by atoms with Crippen molar-refractivity contribution in [1.29, 1.82) is 0 Å². The molecule has 0 radical (unpaired) electrons. The van der Waals surface area contributed by atoms with Gasteiger partial charge in [0.1, 0.15) is 11.6 Å². The molecule has 2 rings (SSSR count). The molecule has 0 aliphatic carbocycles. The lowest BCUT2D eigenvalue weighted by Gasteiger charge is -2.18. The standard InChI is InChI=1S/C16H21N3O2/c1-3-19(4-2)15(21)8-10-18-16-14-11-13(20)6-5-12(14)7-9-17-16/h5-7,9,11,20H,3-4,8,10H2,1-2H3,(H,17,18). The molecule has 1 amide bonds. The third kappa shape index (κ3) is 3.62. The molecule has 21 heavy (non-hydrogen) atoms. The molecule has 0 spiro atoms. The van der Waals surface area contributed by atoms with E-state index in [0.29, 0.717) is 18.8 Å². The summed E-state index contributed by atoms with van der Waals surface area (Å²) in [6, 6.07) is 7.06. The fourth-order valence-corrected chi connectivity index (χ4v) is 2.32. The number of fused-ring (bicyclic) bond motifs is 1. The lowest BCUT2D eigenvalue weighted by atomic mass is 10.1. The number of aromatic hydroxyl groups is 1. The smallest absolute Gasteiger partial charge is 0.224 e. The Labute approximate surface area is 124 Å². The Balaban J connectivity index is 2.04. The van der Waals surface area contributed by atoms with Crippen molar-refractivity contribution in [2.75, 3.05) is 25.0 Å². The highest BCUT2D eigenvalue weighted by Crippen LogP contribution is 2.24. The van der Waals surface area contributed by atoms with Crippen LogP contribution in [0.25, 0.3) is 10.8 Å². The summed E-state index contributed by atoms with van der Waals surface area (Å²) in [5.41, 5.74) is 0. The van der Waals surface area contributed by atoms with E-state index in [2.05, 4.69) is 10.3 Å². The molecule has 0 saturated heterocycles. The summed E-state index contributed by atoms with van der Waals surface area (Å²) in [6.45, 7) is 5.94. The Bertz CT molecular complexity index is 624. The minimum Gasteiger partial charge on any atom is -0.508 e. The average molecular weight is 287 g/mol. The number of aromatic nitrogens is 1. The van der Waals surface area contributed by atoms with Crippen LogP contribution >= 0.6 is 0 Å². The van der Waals surface area contributed by atoms with Gasteiger partial charge in [0.05, 0.1) is 0 Å². The van der Waals surface area contributed by atoms with Gasteiger partial charge in [-0.15, -0.1) is 0 Å². The SMILES string of the molecule is CCN(CC)C(=O)CCNc1nccc2ccc(O)cc12. The monoisotopic (exact) mass is 287 g/mol. The predicted octanol–water partition coefficient (Wildman–Crippen LogP) is 2.61. The van der Waals surface area contributed by atoms with Gasteiger partial charge in [0.15, 0.2) is 0 Å². The van der Waals surface area contributed by atoms with E-state index in [1.165, 1.54) is 0 Å². The number of hydrogen-bond donors (Lipinski definition) is 2. The third-order valence-corrected chi connectivity index (χ3v) is 3.50. The zero-order valence-electron chi connectivity index (χ0n) is 12.5. The van der Waals surface area contributed by atoms with Crippen LogP contribution in [0, 0.1) is 0 Å². The van der Waals surface area contributed by atoms with Gasteiger partial charge in [-0.05, 0) is 37.4 Å². The number of phenolic OH excluding ortho intramolecular Hbond substituents is 1. The van der Waals surface area contributed by atoms with Crippen molar-refractivity contribution in [3.8, 4) is 5.75 Å². The summed E-state index contributed by atoms with van der Waals surface area (Å²) in [5.74, 6) is 1.03. The van der Waals surface area contributed by atoms with E-state index >= 15 is 0 Å². The molecule has 1 aromatic heterocycles. The van der Waals surface area contributed by atoms with Gasteiger partial charge in [-0.2, -0.15) is 0 Å². The number of phenols is 1. The molecule has 5 heteroatoms. The van der Waals surface area contributed by atoms with Crippen molar-refractivity contribution in [1.82, 2.24) is 9.88 Å². The van der Waals surface area contributed by atoms with Crippen LogP contribution in [0.4, 0.5) is 5.82 Å². The summed E-state index contributed by atoms with van der Waals surface area (Å²) >= 11 is 0. The number of nitrogens with zero attached hydrogens (tertiary/aromatic N) is 2. The number of rotatable bonds is 6. The number of anilines is 1. The summed E-state index contributed by atoms with van der Waals surface area (Å²) in [7, 11) is 0. The topological polar surface area (TPSA) is 65.5 Å². The van der Waals surface area contributed by atoms with Crippen LogP contribution in [0.1, 0.15) is 20.3 Å². The lowest BCUT2D eigenvalue weighted by Crippen LogP contribution is -2.31. The first-order valence-corrected chi connectivity index (χ1v) is 7.25. The lowest BCUT2D eigenvalue weighted by molar-refractivity contribution is -0.130. The molecule has 112 valence electrons. The van der Waals surface area contributed by atoms with Gasteiger partial charge < -0.3 is 15.3 Å². The summed E-state index contributed by atoms with van der Waals surface area (Å²) in [6.07, 6.45) is 2.15. The molecule has 1 heterocycles. The van der Waals surface area contributed by atoms with Crippen molar-refractivity contribution in [2.45, 2.75) is 20.3 Å². The van der Waals surface area contributed by atoms with E-state index in [1.807, 2.05) is 30.9 Å². The Morgan fingerprint density at radius 3 is 2.76 bits per heavy atom.